The van der Waals surface area contributed by atoms with Crippen LogP contribution in [0.2, 0.25) is 0 Å². The second kappa shape index (κ2) is 4.45. The molecule has 0 fully saturated rings. The predicted molar refractivity (Wildman–Crippen MR) is 81.6 cm³/mol. The van der Waals surface area contributed by atoms with E-state index in [1.165, 1.54) is 11.1 Å². The van der Waals surface area contributed by atoms with Crippen LogP contribution < -0.4 is 11.3 Å². The first-order chi connectivity index (χ1) is 9.51. The Morgan fingerprint density at radius 2 is 2.25 bits per heavy atom. The minimum absolute atomic E-state index is 0.0338. The molecule has 20 heavy (non-hydrogen) atoms. The van der Waals surface area contributed by atoms with Gasteiger partial charge in [0, 0.05) is 23.6 Å². The third-order valence-corrected chi connectivity index (χ3v) is 4.88. The molecule has 0 aromatic carbocycles. The Labute approximate surface area is 119 Å². The molecule has 2 bridgehead atoms. The maximum atomic E-state index is 11.7. The molecule has 3 unspecified atom stereocenters. The Kier molecular flexibility index (Phi) is 2.98. The molecule has 3 N–H and O–H groups in total. The summed E-state index contributed by atoms with van der Waals surface area (Å²) in [6.45, 7) is 6.40. The molecule has 1 aromatic rings. The first kappa shape index (κ1) is 13.4. The highest BCUT2D eigenvalue weighted by Crippen LogP contribution is 2.53. The van der Waals surface area contributed by atoms with Gasteiger partial charge in [0.2, 0.25) is 5.56 Å². The molecule has 0 radical (unpaired) electrons. The Bertz CT molecular complexity index is 668. The Hall–Kier alpha value is -1.61. The summed E-state index contributed by atoms with van der Waals surface area (Å²) in [6, 6.07) is 3.52. The van der Waals surface area contributed by atoms with Gasteiger partial charge in [-0.3, -0.25) is 4.79 Å². The summed E-state index contributed by atoms with van der Waals surface area (Å²) in [7, 11) is 0. The summed E-state index contributed by atoms with van der Waals surface area (Å²) in [4.78, 5) is 14.8. The minimum atomic E-state index is -0.455. The lowest BCUT2D eigenvalue weighted by molar-refractivity contribution is 0.359. The van der Waals surface area contributed by atoms with Crippen LogP contribution in [0, 0.1) is 5.92 Å². The van der Waals surface area contributed by atoms with Crippen LogP contribution >= 0.6 is 0 Å². The third-order valence-electron chi connectivity index (χ3n) is 4.88. The van der Waals surface area contributed by atoms with Crippen LogP contribution in [0.5, 0.6) is 0 Å². The molecule has 0 saturated heterocycles. The lowest BCUT2D eigenvalue weighted by atomic mass is 9.59. The lowest BCUT2D eigenvalue weighted by Gasteiger charge is -2.48. The molecule has 2 aliphatic rings. The van der Waals surface area contributed by atoms with Gasteiger partial charge in [-0.2, -0.15) is 0 Å². The smallest absolute Gasteiger partial charge is 0.248 e. The van der Waals surface area contributed by atoms with Crippen LogP contribution in [0.1, 0.15) is 50.8 Å². The van der Waals surface area contributed by atoms with Gasteiger partial charge in [-0.15, -0.1) is 0 Å². The summed E-state index contributed by atoms with van der Waals surface area (Å²) in [5, 5.41) is 0. The molecular formula is C17H22N2O. The number of pyridine rings is 1. The van der Waals surface area contributed by atoms with Gasteiger partial charge in [0.25, 0.3) is 0 Å². The van der Waals surface area contributed by atoms with Crippen molar-refractivity contribution in [1.29, 1.82) is 0 Å². The van der Waals surface area contributed by atoms with E-state index in [1.807, 2.05) is 6.07 Å². The maximum absolute atomic E-state index is 11.7. The Morgan fingerprint density at radius 3 is 2.90 bits per heavy atom. The number of hydrogen-bond acceptors (Lipinski definition) is 2. The van der Waals surface area contributed by atoms with Gasteiger partial charge in [0.1, 0.15) is 0 Å². The quantitative estimate of drug-likeness (QED) is 0.771. The predicted octanol–water partition coefficient (Wildman–Crippen LogP) is 2.95. The molecular weight excluding hydrogens is 248 g/mol. The van der Waals surface area contributed by atoms with E-state index in [4.69, 9.17) is 5.73 Å². The number of allylic oxidation sites excluding steroid dienone is 2. The van der Waals surface area contributed by atoms with Crippen molar-refractivity contribution >= 4 is 0 Å². The van der Waals surface area contributed by atoms with Crippen molar-refractivity contribution in [3.05, 3.63) is 57.0 Å². The van der Waals surface area contributed by atoms with Crippen LogP contribution in [0.25, 0.3) is 0 Å². The third kappa shape index (κ3) is 1.66. The molecule has 2 aliphatic carbocycles. The van der Waals surface area contributed by atoms with Crippen molar-refractivity contribution in [3.8, 4) is 0 Å². The summed E-state index contributed by atoms with van der Waals surface area (Å²) in [5.41, 5.74) is 11.1. The second-order valence-corrected chi connectivity index (χ2v) is 6.10. The zero-order chi connectivity index (χ0) is 14.5. The molecule has 0 amide bonds. The van der Waals surface area contributed by atoms with E-state index >= 15 is 0 Å². The molecule has 3 rings (SSSR count). The van der Waals surface area contributed by atoms with E-state index in [1.54, 1.807) is 6.07 Å². The fraction of sp³-hybridized carbons (Fsp3) is 0.471. The van der Waals surface area contributed by atoms with Gasteiger partial charge in [0.05, 0.1) is 5.54 Å². The number of rotatable bonds is 1. The van der Waals surface area contributed by atoms with Crippen LogP contribution in [0.3, 0.4) is 0 Å². The van der Waals surface area contributed by atoms with Crippen LogP contribution in [-0.2, 0) is 5.54 Å². The summed E-state index contributed by atoms with van der Waals surface area (Å²) < 4.78 is 0. The average molecular weight is 270 g/mol. The number of hydrogen-bond donors (Lipinski definition) is 2. The van der Waals surface area contributed by atoms with Crippen LogP contribution in [0.15, 0.2) is 40.2 Å². The number of nitrogens with two attached hydrogens (primary N) is 1. The van der Waals surface area contributed by atoms with Gasteiger partial charge in [-0.05, 0) is 43.9 Å². The van der Waals surface area contributed by atoms with Crippen LogP contribution in [-0.4, -0.2) is 4.98 Å². The van der Waals surface area contributed by atoms with Crippen molar-refractivity contribution in [2.45, 2.75) is 45.1 Å². The zero-order valence-electron chi connectivity index (χ0n) is 12.4. The highest BCUT2D eigenvalue weighted by Gasteiger charge is 2.47. The van der Waals surface area contributed by atoms with E-state index in [0.717, 1.165) is 24.1 Å². The molecule has 0 saturated carbocycles. The molecule has 1 heterocycles. The number of aromatic amines is 1. The first-order valence-electron chi connectivity index (χ1n) is 7.37. The topological polar surface area (TPSA) is 58.9 Å². The van der Waals surface area contributed by atoms with E-state index < -0.39 is 5.54 Å². The molecule has 106 valence electrons. The molecule has 0 spiro atoms. The summed E-state index contributed by atoms with van der Waals surface area (Å²) >= 11 is 0. The standard InChI is InChI=1S/C17H22N2O/c1-4-11-12-8-10(3)9-17(18,13(12)5-2)14-6-7-15(20)19-16(11)14/h5-8,11-12H,4,9,18H2,1-3H3,(H,19,20). The summed E-state index contributed by atoms with van der Waals surface area (Å²) in [6.07, 6.45) is 6.33. The highest BCUT2D eigenvalue weighted by atomic mass is 16.1. The molecule has 1 aromatic heterocycles. The number of aromatic nitrogens is 1. The zero-order valence-corrected chi connectivity index (χ0v) is 12.4. The van der Waals surface area contributed by atoms with Gasteiger partial charge >= 0.3 is 0 Å². The van der Waals surface area contributed by atoms with Gasteiger partial charge in [-0.25, -0.2) is 0 Å². The maximum Gasteiger partial charge on any atom is 0.248 e. The molecule has 3 nitrogen and oxygen atoms in total. The SMILES string of the molecule is CC=C1C2C=C(C)CC1(N)c1ccc(=O)[nH]c1C2CC. The molecule has 0 aliphatic heterocycles. The number of H-pyrrole nitrogens is 1. The van der Waals surface area contributed by atoms with Gasteiger partial charge < -0.3 is 10.7 Å². The lowest BCUT2D eigenvalue weighted by Crippen LogP contribution is -2.49. The van der Waals surface area contributed by atoms with Crippen molar-refractivity contribution in [2.24, 2.45) is 11.7 Å². The second-order valence-electron chi connectivity index (χ2n) is 6.10. The minimum Gasteiger partial charge on any atom is -0.326 e. The Balaban J connectivity index is 2.34. The van der Waals surface area contributed by atoms with Gasteiger partial charge in [-0.1, -0.05) is 24.6 Å². The monoisotopic (exact) mass is 270 g/mol. The number of fused-ring (bicyclic) bond motifs is 4. The molecule has 3 heteroatoms. The van der Waals surface area contributed by atoms with E-state index in [9.17, 15) is 4.79 Å². The largest absolute Gasteiger partial charge is 0.326 e. The average Bonchev–Trinajstić information content (AvgIpc) is 2.38. The van der Waals surface area contributed by atoms with Crippen molar-refractivity contribution in [3.63, 3.8) is 0 Å². The number of nitrogens with one attached hydrogen (secondary N) is 1. The fourth-order valence-corrected chi connectivity index (χ4v) is 4.14. The van der Waals surface area contributed by atoms with Gasteiger partial charge in [0.15, 0.2) is 0 Å². The van der Waals surface area contributed by atoms with E-state index in [0.29, 0.717) is 11.8 Å². The van der Waals surface area contributed by atoms with E-state index in [2.05, 4.69) is 37.9 Å². The first-order valence-corrected chi connectivity index (χ1v) is 7.37. The highest BCUT2D eigenvalue weighted by molar-refractivity contribution is 5.51. The Morgan fingerprint density at radius 1 is 1.50 bits per heavy atom. The molecule has 3 atom stereocenters. The summed E-state index contributed by atoms with van der Waals surface area (Å²) in [5.74, 6) is 0.631. The van der Waals surface area contributed by atoms with Crippen molar-refractivity contribution < 1.29 is 0 Å². The normalized spacial score (nSPS) is 33.8. The van der Waals surface area contributed by atoms with Crippen molar-refractivity contribution in [2.75, 3.05) is 0 Å². The fourth-order valence-electron chi connectivity index (χ4n) is 4.14. The van der Waals surface area contributed by atoms with E-state index in [-0.39, 0.29) is 5.56 Å². The van der Waals surface area contributed by atoms with Crippen molar-refractivity contribution in [1.82, 2.24) is 4.98 Å². The van der Waals surface area contributed by atoms with Crippen LogP contribution in [0.4, 0.5) is 0 Å².